The number of carboxylic acid groups (broad SMARTS) is 1. The Hall–Kier alpha value is -4.36. The Balaban J connectivity index is 1.81. The molecule has 0 spiro atoms. The highest BCUT2D eigenvalue weighted by molar-refractivity contribution is 5.81. The summed E-state index contributed by atoms with van der Waals surface area (Å²) in [5, 5.41) is 20.4. The molecule has 2 aromatic heterocycles. The number of carbonyl (C=O) groups excluding carboxylic acids is 3. The first-order valence-corrected chi connectivity index (χ1v) is 13.4. The minimum Gasteiger partial charge on any atom is -0.481 e. The third-order valence-electron chi connectivity index (χ3n) is 6.80. The van der Waals surface area contributed by atoms with Crippen LogP contribution in [0.3, 0.4) is 0 Å². The number of hydrogen-bond donors (Lipinski definition) is 3. The SMILES string of the molecule is C#C[C@]1(COC(=O)C(CC(=O)O)C(COC(=O)C(C)C)COC(=O)C(C)C)O[C@@H](n2cnc3c(N)nc(F)nc32)C[C@@H]1O. The molecule has 1 unspecified atom stereocenters. The number of esters is 3. The first-order valence-electron chi connectivity index (χ1n) is 13.4. The van der Waals surface area contributed by atoms with Crippen molar-refractivity contribution < 1.29 is 52.7 Å². The van der Waals surface area contributed by atoms with Gasteiger partial charge in [-0.25, -0.2) is 4.98 Å². The molecule has 1 fully saturated rings. The smallest absolute Gasteiger partial charge is 0.312 e. The zero-order valence-corrected chi connectivity index (χ0v) is 24.1. The largest absolute Gasteiger partial charge is 0.481 e. The average molecular weight is 608 g/mol. The molecule has 3 rings (SSSR count). The van der Waals surface area contributed by atoms with E-state index in [0.717, 1.165) is 0 Å². The van der Waals surface area contributed by atoms with Crippen molar-refractivity contribution in [3.63, 3.8) is 0 Å². The number of carbonyl (C=O) groups is 4. The Labute approximate surface area is 245 Å². The lowest BCUT2D eigenvalue weighted by molar-refractivity contribution is -0.170. The monoisotopic (exact) mass is 607 g/mol. The molecular weight excluding hydrogens is 573 g/mol. The molecule has 0 saturated carbocycles. The molecule has 4 atom stereocenters. The maximum Gasteiger partial charge on any atom is 0.312 e. The van der Waals surface area contributed by atoms with Crippen LogP contribution in [-0.4, -0.2) is 85.1 Å². The predicted octanol–water partition coefficient (Wildman–Crippen LogP) is 0.848. The molecule has 3 heterocycles. The van der Waals surface area contributed by atoms with E-state index < -0.39 is 97.8 Å². The normalized spacial score (nSPS) is 20.7. The number of hydrogen-bond acceptors (Lipinski definition) is 13. The number of aromatic nitrogens is 4. The summed E-state index contributed by atoms with van der Waals surface area (Å²) in [5.74, 6) is -5.15. The highest BCUT2D eigenvalue weighted by Gasteiger charge is 2.50. The molecule has 15 nitrogen and oxygen atoms in total. The lowest BCUT2D eigenvalue weighted by Crippen LogP contribution is -2.45. The number of terminal acetylenes is 1. The first kappa shape index (κ1) is 33.1. The predicted molar refractivity (Wildman–Crippen MR) is 144 cm³/mol. The van der Waals surface area contributed by atoms with Crippen LogP contribution in [0.1, 0.15) is 46.8 Å². The minimum absolute atomic E-state index is 0.0248. The van der Waals surface area contributed by atoms with Gasteiger partial charge in [0.1, 0.15) is 18.9 Å². The van der Waals surface area contributed by atoms with Crippen molar-refractivity contribution in [2.24, 2.45) is 23.7 Å². The third-order valence-corrected chi connectivity index (χ3v) is 6.80. The number of carboxylic acids is 1. The lowest BCUT2D eigenvalue weighted by Gasteiger charge is -2.29. The fourth-order valence-corrected chi connectivity index (χ4v) is 4.25. The van der Waals surface area contributed by atoms with Gasteiger partial charge < -0.3 is 34.9 Å². The Bertz CT molecular complexity index is 1380. The Morgan fingerprint density at radius 1 is 1.14 bits per heavy atom. The fraction of sp³-hybridized carbons (Fsp3) is 0.593. The molecular formula is C27H34FN5O10. The average Bonchev–Trinajstić information content (AvgIpc) is 3.51. The zero-order chi connectivity index (χ0) is 32.1. The van der Waals surface area contributed by atoms with Crippen LogP contribution in [0.4, 0.5) is 10.2 Å². The quantitative estimate of drug-likeness (QED) is 0.125. The second-order valence-corrected chi connectivity index (χ2v) is 10.7. The van der Waals surface area contributed by atoms with Crippen LogP contribution in [0.2, 0.25) is 0 Å². The van der Waals surface area contributed by atoms with Gasteiger partial charge in [0.05, 0.1) is 43.7 Å². The van der Waals surface area contributed by atoms with Crippen molar-refractivity contribution in [2.45, 2.75) is 58.5 Å². The van der Waals surface area contributed by atoms with Gasteiger partial charge in [-0.2, -0.15) is 14.4 Å². The molecule has 4 N–H and O–H groups in total. The van der Waals surface area contributed by atoms with Crippen LogP contribution < -0.4 is 5.73 Å². The summed E-state index contributed by atoms with van der Waals surface area (Å²) in [6, 6.07) is 0. The van der Waals surface area contributed by atoms with Crippen molar-refractivity contribution >= 4 is 40.9 Å². The van der Waals surface area contributed by atoms with Gasteiger partial charge in [-0.15, -0.1) is 6.42 Å². The number of aliphatic carboxylic acids is 1. The Kier molecular flexibility index (Phi) is 10.6. The topological polar surface area (TPSA) is 215 Å². The summed E-state index contributed by atoms with van der Waals surface area (Å²) in [5.41, 5.74) is 3.87. The van der Waals surface area contributed by atoms with Gasteiger partial charge in [0.15, 0.2) is 22.6 Å². The standard InChI is InChI=1S/C27H34FN5O10/c1-6-27(17(34)8-18(43-27)33-12-30-20-21(29)31-26(28)32-22(20)33)11-42-25(39)16(7-19(35)36)15(9-40-23(37)13(2)3)10-41-24(38)14(4)5/h1,12-18,34H,7-11H2,2-5H3,(H,35,36)(H2,29,31,32)/t16?,17-,18+,27+/m0/s1. The number of halogens is 1. The van der Waals surface area contributed by atoms with Crippen LogP contribution in [0, 0.1) is 42.1 Å². The second kappa shape index (κ2) is 13.7. The highest BCUT2D eigenvalue weighted by atomic mass is 19.1. The number of rotatable bonds is 13. The molecule has 0 amide bonds. The Morgan fingerprint density at radius 3 is 2.28 bits per heavy atom. The van der Waals surface area contributed by atoms with E-state index in [9.17, 15) is 33.8 Å². The van der Waals surface area contributed by atoms with Crippen LogP contribution in [0.15, 0.2) is 6.33 Å². The molecule has 16 heteroatoms. The van der Waals surface area contributed by atoms with Crippen molar-refractivity contribution in [2.75, 3.05) is 25.6 Å². The van der Waals surface area contributed by atoms with Crippen LogP contribution in [0.25, 0.3) is 11.2 Å². The number of ether oxygens (including phenoxy) is 4. The van der Waals surface area contributed by atoms with E-state index in [1.807, 2.05) is 0 Å². The minimum atomic E-state index is -1.90. The van der Waals surface area contributed by atoms with Crippen LogP contribution in [-0.2, 0) is 38.1 Å². The molecule has 234 valence electrons. The van der Waals surface area contributed by atoms with Crippen LogP contribution in [0.5, 0.6) is 0 Å². The number of nitrogens with zero attached hydrogens (tertiary/aromatic N) is 4. The van der Waals surface area contributed by atoms with E-state index >= 15 is 0 Å². The molecule has 1 aliphatic rings. The van der Waals surface area contributed by atoms with E-state index in [0.29, 0.717) is 0 Å². The van der Waals surface area contributed by atoms with Gasteiger partial charge >= 0.3 is 30.0 Å². The number of nitrogens with two attached hydrogens (primary N) is 1. The second-order valence-electron chi connectivity index (χ2n) is 10.7. The number of imidazole rings is 1. The van der Waals surface area contributed by atoms with Crippen molar-refractivity contribution in [3.05, 3.63) is 12.4 Å². The molecule has 1 saturated heterocycles. The van der Waals surface area contributed by atoms with Gasteiger partial charge in [-0.3, -0.25) is 23.7 Å². The number of aliphatic hydroxyl groups is 1. The molecule has 0 radical (unpaired) electrons. The molecule has 2 aromatic rings. The first-order chi connectivity index (χ1) is 20.2. The van der Waals surface area contributed by atoms with Gasteiger partial charge in [-0.1, -0.05) is 33.6 Å². The van der Waals surface area contributed by atoms with Gasteiger partial charge in [0.2, 0.25) is 0 Å². The van der Waals surface area contributed by atoms with Gasteiger partial charge in [0, 0.05) is 12.3 Å². The number of aliphatic hydroxyl groups excluding tert-OH is 1. The van der Waals surface area contributed by atoms with Gasteiger partial charge in [0.25, 0.3) is 0 Å². The summed E-state index contributed by atoms with van der Waals surface area (Å²) in [7, 11) is 0. The van der Waals surface area contributed by atoms with E-state index in [-0.39, 0.29) is 23.4 Å². The number of anilines is 1. The zero-order valence-electron chi connectivity index (χ0n) is 24.1. The molecule has 0 bridgehead atoms. The summed E-state index contributed by atoms with van der Waals surface area (Å²) in [4.78, 5) is 60.3. The summed E-state index contributed by atoms with van der Waals surface area (Å²) in [6.45, 7) is 4.76. The summed E-state index contributed by atoms with van der Waals surface area (Å²) >= 11 is 0. The Morgan fingerprint density at radius 2 is 1.74 bits per heavy atom. The number of fused-ring (bicyclic) bond motifs is 1. The van der Waals surface area contributed by atoms with Gasteiger partial charge in [-0.05, 0) is 0 Å². The maximum atomic E-state index is 13.8. The van der Waals surface area contributed by atoms with Crippen LogP contribution >= 0.6 is 0 Å². The highest BCUT2D eigenvalue weighted by Crippen LogP contribution is 2.38. The fourth-order valence-electron chi connectivity index (χ4n) is 4.25. The molecule has 43 heavy (non-hydrogen) atoms. The molecule has 0 aromatic carbocycles. The van der Waals surface area contributed by atoms with E-state index in [1.54, 1.807) is 27.7 Å². The van der Waals surface area contributed by atoms with Crippen molar-refractivity contribution in [1.82, 2.24) is 19.5 Å². The summed E-state index contributed by atoms with van der Waals surface area (Å²) in [6.07, 6.45) is 2.49. The molecule has 0 aliphatic carbocycles. The van der Waals surface area contributed by atoms with Crippen molar-refractivity contribution in [1.29, 1.82) is 0 Å². The number of nitrogen functional groups attached to an aromatic ring is 1. The van der Waals surface area contributed by atoms with E-state index in [4.69, 9.17) is 31.1 Å². The van der Waals surface area contributed by atoms with E-state index in [2.05, 4.69) is 20.9 Å². The third kappa shape index (κ3) is 7.73. The lowest BCUT2D eigenvalue weighted by atomic mass is 9.90. The van der Waals surface area contributed by atoms with E-state index in [1.165, 1.54) is 10.9 Å². The summed E-state index contributed by atoms with van der Waals surface area (Å²) < 4.78 is 36.9. The maximum absolute atomic E-state index is 13.8. The van der Waals surface area contributed by atoms with Crippen molar-refractivity contribution in [3.8, 4) is 12.3 Å². The molecule has 1 aliphatic heterocycles.